The van der Waals surface area contributed by atoms with E-state index in [1.807, 2.05) is 24.3 Å². The Bertz CT molecular complexity index is 691. The fourth-order valence-electron chi connectivity index (χ4n) is 1.85. The van der Waals surface area contributed by atoms with E-state index in [2.05, 4.69) is 26.1 Å². The van der Waals surface area contributed by atoms with Crippen LogP contribution in [0.2, 0.25) is 0 Å². The van der Waals surface area contributed by atoms with E-state index in [0.717, 1.165) is 15.4 Å². The molecule has 0 fully saturated rings. The molecular formula is C13H8BrFN2. The fourth-order valence-corrected chi connectivity index (χ4v) is 2.21. The van der Waals surface area contributed by atoms with Crippen molar-refractivity contribution in [1.82, 2.24) is 10.2 Å². The van der Waals surface area contributed by atoms with Gasteiger partial charge in [-0.05, 0) is 24.3 Å². The average molecular weight is 291 g/mol. The van der Waals surface area contributed by atoms with Crippen molar-refractivity contribution < 1.29 is 4.39 Å². The molecule has 1 N–H and O–H groups in total. The maximum atomic E-state index is 13.8. The van der Waals surface area contributed by atoms with Crippen LogP contribution in [0, 0.1) is 5.82 Å². The summed E-state index contributed by atoms with van der Waals surface area (Å²) in [5.74, 6) is -0.273. The monoisotopic (exact) mass is 290 g/mol. The lowest BCUT2D eigenvalue weighted by atomic mass is 10.1. The Kier molecular flexibility index (Phi) is 2.44. The number of fused-ring (bicyclic) bond motifs is 1. The van der Waals surface area contributed by atoms with E-state index in [9.17, 15) is 4.39 Å². The van der Waals surface area contributed by atoms with Gasteiger partial charge in [0.15, 0.2) is 0 Å². The zero-order valence-corrected chi connectivity index (χ0v) is 10.3. The van der Waals surface area contributed by atoms with Gasteiger partial charge < -0.3 is 0 Å². The maximum absolute atomic E-state index is 13.8. The van der Waals surface area contributed by atoms with E-state index in [0.29, 0.717) is 11.3 Å². The normalized spacial score (nSPS) is 10.9. The lowest BCUT2D eigenvalue weighted by Crippen LogP contribution is -1.85. The van der Waals surface area contributed by atoms with Crippen molar-refractivity contribution in [2.24, 2.45) is 0 Å². The van der Waals surface area contributed by atoms with Gasteiger partial charge in [-0.1, -0.05) is 34.1 Å². The molecule has 2 nitrogen and oxygen atoms in total. The van der Waals surface area contributed by atoms with Crippen molar-refractivity contribution in [1.29, 1.82) is 0 Å². The molecule has 3 rings (SSSR count). The van der Waals surface area contributed by atoms with Gasteiger partial charge in [0.05, 0.1) is 5.52 Å². The second kappa shape index (κ2) is 3.96. The van der Waals surface area contributed by atoms with Gasteiger partial charge >= 0.3 is 0 Å². The van der Waals surface area contributed by atoms with E-state index in [-0.39, 0.29) is 5.82 Å². The lowest BCUT2D eigenvalue weighted by Gasteiger charge is -2.01. The highest BCUT2D eigenvalue weighted by atomic mass is 79.9. The number of rotatable bonds is 1. The molecule has 0 aliphatic rings. The number of nitrogens with zero attached hydrogens (tertiary/aromatic N) is 1. The van der Waals surface area contributed by atoms with Crippen LogP contribution in [0.3, 0.4) is 0 Å². The number of nitrogens with one attached hydrogen (secondary N) is 1. The molecule has 0 radical (unpaired) electrons. The minimum atomic E-state index is -0.273. The largest absolute Gasteiger partial charge is 0.277 e. The number of hydrogen-bond acceptors (Lipinski definition) is 1. The van der Waals surface area contributed by atoms with Gasteiger partial charge in [-0.25, -0.2) is 4.39 Å². The van der Waals surface area contributed by atoms with Crippen molar-refractivity contribution in [3.05, 3.63) is 52.8 Å². The molecule has 0 saturated carbocycles. The summed E-state index contributed by atoms with van der Waals surface area (Å²) < 4.78 is 14.6. The van der Waals surface area contributed by atoms with Crippen molar-refractivity contribution in [3.63, 3.8) is 0 Å². The third kappa shape index (κ3) is 1.74. The van der Waals surface area contributed by atoms with E-state index < -0.39 is 0 Å². The van der Waals surface area contributed by atoms with Gasteiger partial charge in [-0.3, -0.25) is 5.10 Å². The zero-order valence-electron chi connectivity index (χ0n) is 8.74. The number of aromatic amines is 1. The summed E-state index contributed by atoms with van der Waals surface area (Å²) in [6, 6.07) is 12.5. The molecule has 17 heavy (non-hydrogen) atoms. The number of aromatic nitrogens is 2. The first-order valence-electron chi connectivity index (χ1n) is 5.14. The maximum Gasteiger partial charge on any atom is 0.132 e. The number of hydrogen-bond donors (Lipinski definition) is 1. The van der Waals surface area contributed by atoms with Crippen LogP contribution in [0.5, 0.6) is 0 Å². The molecule has 0 aliphatic carbocycles. The second-order valence-electron chi connectivity index (χ2n) is 3.74. The highest BCUT2D eigenvalue weighted by Gasteiger charge is 2.12. The molecule has 0 atom stereocenters. The van der Waals surface area contributed by atoms with Crippen LogP contribution in [0.25, 0.3) is 22.2 Å². The summed E-state index contributed by atoms with van der Waals surface area (Å²) in [5.41, 5.74) is 2.04. The first-order valence-corrected chi connectivity index (χ1v) is 5.93. The Morgan fingerprint density at radius 3 is 2.82 bits per heavy atom. The van der Waals surface area contributed by atoms with Crippen molar-refractivity contribution in [3.8, 4) is 11.3 Å². The predicted octanol–water partition coefficient (Wildman–Crippen LogP) is 4.13. The van der Waals surface area contributed by atoms with Crippen LogP contribution < -0.4 is 0 Å². The second-order valence-corrected chi connectivity index (χ2v) is 4.66. The Balaban J connectivity index is 2.31. The Morgan fingerprint density at radius 2 is 1.94 bits per heavy atom. The number of H-pyrrole nitrogens is 1. The minimum absolute atomic E-state index is 0.273. The number of benzene rings is 2. The molecule has 0 unspecified atom stereocenters. The molecule has 0 amide bonds. The molecule has 3 aromatic rings. The molecule has 84 valence electrons. The zero-order chi connectivity index (χ0) is 11.8. The summed E-state index contributed by atoms with van der Waals surface area (Å²) in [5, 5.41) is 8.00. The minimum Gasteiger partial charge on any atom is -0.277 e. The van der Waals surface area contributed by atoms with Gasteiger partial charge in [0.1, 0.15) is 11.5 Å². The lowest BCUT2D eigenvalue weighted by molar-refractivity contribution is 0.630. The van der Waals surface area contributed by atoms with Crippen LogP contribution in [0.15, 0.2) is 46.9 Å². The Labute approximate surface area is 106 Å². The molecule has 0 saturated heterocycles. The van der Waals surface area contributed by atoms with Gasteiger partial charge in [0, 0.05) is 15.4 Å². The van der Waals surface area contributed by atoms with Crippen LogP contribution in [-0.4, -0.2) is 10.2 Å². The highest BCUT2D eigenvalue weighted by Crippen LogP contribution is 2.30. The van der Waals surface area contributed by atoms with Gasteiger partial charge in [-0.15, -0.1) is 0 Å². The van der Waals surface area contributed by atoms with Crippen LogP contribution in [-0.2, 0) is 0 Å². The first-order chi connectivity index (χ1) is 8.25. The molecule has 2 aromatic carbocycles. The van der Waals surface area contributed by atoms with E-state index >= 15 is 0 Å². The molecule has 0 aliphatic heterocycles. The van der Waals surface area contributed by atoms with E-state index in [1.54, 1.807) is 12.1 Å². The van der Waals surface area contributed by atoms with Gasteiger partial charge in [0.25, 0.3) is 0 Å². The number of para-hydroxylation sites is 1. The summed E-state index contributed by atoms with van der Waals surface area (Å²) in [7, 11) is 0. The van der Waals surface area contributed by atoms with E-state index in [1.165, 1.54) is 6.07 Å². The molecule has 1 aromatic heterocycles. The number of halogens is 2. The summed E-state index contributed by atoms with van der Waals surface area (Å²) in [6.45, 7) is 0. The van der Waals surface area contributed by atoms with Crippen LogP contribution in [0.1, 0.15) is 0 Å². The fraction of sp³-hybridized carbons (Fsp3) is 0. The Hall–Kier alpha value is -1.68. The third-order valence-electron chi connectivity index (χ3n) is 2.65. The van der Waals surface area contributed by atoms with Crippen LogP contribution >= 0.6 is 15.9 Å². The predicted molar refractivity (Wildman–Crippen MR) is 69.2 cm³/mol. The molecule has 4 heteroatoms. The SMILES string of the molecule is Fc1ccc(Br)cc1-c1n[nH]c2ccccc12. The molecule has 0 bridgehead atoms. The standard InChI is InChI=1S/C13H8BrFN2/c14-8-5-6-11(15)10(7-8)13-9-3-1-2-4-12(9)16-17-13/h1-7H,(H,16,17). The summed E-state index contributed by atoms with van der Waals surface area (Å²) in [4.78, 5) is 0. The van der Waals surface area contributed by atoms with Crippen molar-refractivity contribution in [2.75, 3.05) is 0 Å². The van der Waals surface area contributed by atoms with E-state index in [4.69, 9.17) is 0 Å². The third-order valence-corrected chi connectivity index (χ3v) is 3.15. The Morgan fingerprint density at radius 1 is 1.12 bits per heavy atom. The topological polar surface area (TPSA) is 28.7 Å². The summed E-state index contributed by atoms with van der Waals surface area (Å²) >= 11 is 3.34. The highest BCUT2D eigenvalue weighted by molar-refractivity contribution is 9.10. The van der Waals surface area contributed by atoms with Gasteiger partial charge in [0.2, 0.25) is 0 Å². The summed E-state index contributed by atoms with van der Waals surface area (Å²) in [6.07, 6.45) is 0. The van der Waals surface area contributed by atoms with Crippen molar-refractivity contribution >= 4 is 26.8 Å². The van der Waals surface area contributed by atoms with Crippen molar-refractivity contribution in [2.45, 2.75) is 0 Å². The average Bonchev–Trinajstić information content (AvgIpc) is 2.76. The van der Waals surface area contributed by atoms with Gasteiger partial charge in [-0.2, -0.15) is 5.10 Å². The molecule has 0 spiro atoms. The smallest absolute Gasteiger partial charge is 0.132 e. The quantitative estimate of drug-likeness (QED) is 0.717. The van der Waals surface area contributed by atoms with Crippen LogP contribution in [0.4, 0.5) is 4.39 Å². The molecular weight excluding hydrogens is 283 g/mol. The molecule has 1 heterocycles. The first kappa shape index (κ1) is 10.5.